The first kappa shape index (κ1) is 15.7. The van der Waals surface area contributed by atoms with Crippen LogP contribution < -0.4 is 20.5 Å². The molecule has 7 nitrogen and oxygen atoms in total. The highest BCUT2D eigenvalue weighted by Gasteiger charge is 2.10. The third-order valence-electron chi connectivity index (χ3n) is 3.68. The smallest absolute Gasteiger partial charge is 0.323 e. The lowest BCUT2D eigenvalue weighted by molar-refractivity contribution is 0.0950. The zero-order chi connectivity index (χ0) is 17.1. The van der Waals surface area contributed by atoms with Gasteiger partial charge in [-0.15, -0.1) is 0 Å². The molecule has 0 unspecified atom stereocenters. The number of ether oxygens (including phenoxy) is 2. The maximum absolute atomic E-state index is 12.3. The minimum absolute atomic E-state index is 0.224. The Bertz CT molecular complexity index is 942. The minimum atomic E-state index is -0.253. The average Bonchev–Trinajstić information content (AvgIpc) is 2.98. The van der Waals surface area contributed by atoms with Crippen LogP contribution in [0.5, 0.6) is 11.5 Å². The summed E-state index contributed by atoms with van der Waals surface area (Å²) in [6, 6.07) is 10.4. The molecule has 0 fully saturated rings. The molecular formula is C17H17N3O4. The summed E-state index contributed by atoms with van der Waals surface area (Å²) >= 11 is 0. The highest BCUT2D eigenvalue weighted by atomic mass is 16.5. The topological polar surface area (TPSA) is 96.2 Å². The molecule has 0 radical (unpaired) electrons. The summed E-state index contributed by atoms with van der Waals surface area (Å²) in [6.45, 7) is 0.344. The minimum Gasteiger partial charge on any atom is -0.493 e. The Morgan fingerprint density at radius 1 is 1.00 bits per heavy atom. The molecule has 3 N–H and O–H groups in total. The van der Waals surface area contributed by atoms with Crippen molar-refractivity contribution in [2.45, 2.75) is 6.54 Å². The van der Waals surface area contributed by atoms with Crippen molar-refractivity contribution in [2.75, 3.05) is 14.2 Å². The SMILES string of the molecule is COc1ccc(C(=O)NCc2ccc3[nH]c(=O)[nH]c3c2)cc1OC. The molecule has 124 valence electrons. The number of benzene rings is 2. The maximum Gasteiger partial charge on any atom is 0.323 e. The van der Waals surface area contributed by atoms with Gasteiger partial charge in [0, 0.05) is 12.1 Å². The molecule has 1 amide bonds. The van der Waals surface area contributed by atoms with Gasteiger partial charge in [0.1, 0.15) is 0 Å². The molecule has 7 heteroatoms. The Kier molecular flexibility index (Phi) is 4.24. The average molecular weight is 327 g/mol. The van der Waals surface area contributed by atoms with E-state index in [1.165, 1.54) is 7.11 Å². The van der Waals surface area contributed by atoms with Crippen molar-refractivity contribution >= 4 is 16.9 Å². The predicted molar refractivity (Wildman–Crippen MR) is 89.6 cm³/mol. The molecule has 0 spiro atoms. The Labute approximate surface area is 137 Å². The van der Waals surface area contributed by atoms with Crippen molar-refractivity contribution in [3.8, 4) is 11.5 Å². The van der Waals surface area contributed by atoms with Crippen LogP contribution in [0.1, 0.15) is 15.9 Å². The number of aromatic amines is 2. The molecule has 3 rings (SSSR count). The van der Waals surface area contributed by atoms with Crippen molar-refractivity contribution in [2.24, 2.45) is 0 Å². The number of rotatable bonds is 5. The van der Waals surface area contributed by atoms with Gasteiger partial charge in [0.2, 0.25) is 0 Å². The number of methoxy groups -OCH3 is 2. The van der Waals surface area contributed by atoms with E-state index in [9.17, 15) is 9.59 Å². The number of carbonyl (C=O) groups excluding carboxylic acids is 1. The first-order valence-corrected chi connectivity index (χ1v) is 7.32. The third kappa shape index (κ3) is 3.10. The zero-order valence-electron chi connectivity index (χ0n) is 13.3. The van der Waals surface area contributed by atoms with Gasteiger partial charge in [0.15, 0.2) is 11.5 Å². The van der Waals surface area contributed by atoms with Crippen molar-refractivity contribution in [1.82, 2.24) is 15.3 Å². The number of nitrogens with one attached hydrogen (secondary N) is 3. The summed E-state index contributed by atoms with van der Waals surface area (Å²) in [7, 11) is 3.06. The normalized spacial score (nSPS) is 10.6. The van der Waals surface area contributed by atoms with Crippen LogP contribution >= 0.6 is 0 Å². The van der Waals surface area contributed by atoms with Gasteiger partial charge in [-0.05, 0) is 35.9 Å². The van der Waals surface area contributed by atoms with E-state index in [4.69, 9.17) is 9.47 Å². The summed E-state index contributed by atoms with van der Waals surface area (Å²) in [4.78, 5) is 28.9. The molecular weight excluding hydrogens is 310 g/mol. The van der Waals surface area contributed by atoms with Gasteiger partial charge in [-0.3, -0.25) is 4.79 Å². The van der Waals surface area contributed by atoms with Gasteiger partial charge in [0.05, 0.1) is 25.3 Å². The van der Waals surface area contributed by atoms with Gasteiger partial charge in [-0.25, -0.2) is 4.79 Å². The van der Waals surface area contributed by atoms with Crippen LogP contribution in [0.4, 0.5) is 0 Å². The molecule has 24 heavy (non-hydrogen) atoms. The van der Waals surface area contributed by atoms with Gasteiger partial charge in [-0.1, -0.05) is 6.07 Å². The molecule has 1 heterocycles. The fourth-order valence-corrected chi connectivity index (χ4v) is 2.45. The van der Waals surface area contributed by atoms with Crippen LogP contribution in [-0.2, 0) is 6.54 Å². The van der Waals surface area contributed by atoms with Crippen molar-refractivity contribution in [3.05, 3.63) is 58.0 Å². The molecule has 0 aliphatic carbocycles. The highest BCUT2D eigenvalue weighted by Crippen LogP contribution is 2.27. The van der Waals surface area contributed by atoms with Crippen LogP contribution in [-0.4, -0.2) is 30.1 Å². The van der Waals surface area contributed by atoms with E-state index in [-0.39, 0.29) is 11.6 Å². The Morgan fingerprint density at radius 2 is 1.75 bits per heavy atom. The number of hydrogen-bond acceptors (Lipinski definition) is 4. The van der Waals surface area contributed by atoms with Crippen LogP contribution in [0, 0.1) is 0 Å². The molecule has 0 atom stereocenters. The zero-order valence-corrected chi connectivity index (χ0v) is 13.3. The number of hydrogen-bond donors (Lipinski definition) is 3. The number of fused-ring (bicyclic) bond motifs is 1. The summed E-state index contributed by atoms with van der Waals surface area (Å²) in [5.41, 5.74) is 2.54. The largest absolute Gasteiger partial charge is 0.493 e. The summed E-state index contributed by atoms with van der Waals surface area (Å²) in [5, 5.41) is 2.84. The molecule has 3 aromatic rings. The van der Waals surface area contributed by atoms with E-state index in [2.05, 4.69) is 15.3 Å². The predicted octanol–water partition coefficient (Wildman–Crippen LogP) is 1.80. The molecule has 0 aliphatic heterocycles. The monoisotopic (exact) mass is 327 g/mol. The van der Waals surface area contributed by atoms with Crippen molar-refractivity contribution in [1.29, 1.82) is 0 Å². The van der Waals surface area contributed by atoms with Gasteiger partial charge < -0.3 is 24.8 Å². The van der Waals surface area contributed by atoms with Gasteiger partial charge in [-0.2, -0.15) is 0 Å². The molecule has 2 aromatic carbocycles. The van der Waals surface area contributed by atoms with E-state index in [0.717, 1.165) is 11.1 Å². The Morgan fingerprint density at radius 3 is 2.50 bits per heavy atom. The number of aromatic nitrogens is 2. The van der Waals surface area contributed by atoms with Gasteiger partial charge in [0.25, 0.3) is 5.91 Å². The maximum atomic E-state index is 12.3. The van der Waals surface area contributed by atoms with Crippen LogP contribution in [0.3, 0.4) is 0 Å². The first-order valence-electron chi connectivity index (χ1n) is 7.32. The first-order chi connectivity index (χ1) is 11.6. The quantitative estimate of drug-likeness (QED) is 0.666. The van der Waals surface area contributed by atoms with E-state index in [1.54, 1.807) is 31.4 Å². The summed E-state index contributed by atoms with van der Waals surface area (Å²) in [5.74, 6) is 0.839. The molecule has 0 saturated heterocycles. The number of carbonyl (C=O) groups is 1. The van der Waals surface area contributed by atoms with E-state index in [1.807, 2.05) is 12.1 Å². The second-order valence-electron chi connectivity index (χ2n) is 5.21. The standard InChI is InChI=1S/C17H17N3O4/c1-23-14-6-4-11(8-15(14)24-2)16(21)18-9-10-3-5-12-13(7-10)20-17(22)19-12/h3-8H,9H2,1-2H3,(H,18,21)(H2,19,20,22). The van der Waals surface area contributed by atoms with Crippen molar-refractivity contribution in [3.63, 3.8) is 0 Å². The van der Waals surface area contributed by atoms with Crippen LogP contribution in [0.15, 0.2) is 41.2 Å². The van der Waals surface area contributed by atoms with E-state index >= 15 is 0 Å². The van der Waals surface area contributed by atoms with Crippen LogP contribution in [0.25, 0.3) is 11.0 Å². The summed E-state index contributed by atoms with van der Waals surface area (Å²) < 4.78 is 10.4. The lowest BCUT2D eigenvalue weighted by Crippen LogP contribution is -2.22. The Hall–Kier alpha value is -3.22. The second-order valence-corrected chi connectivity index (χ2v) is 5.21. The molecule has 0 saturated carbocycles. The van der Waals surface area contributed by atoms with E-state index in [0.29, 0.717) is 29.1 Å². The molecule has 0 aliphatic rings. The lowest BCUT2D eigenvalue weighted by atomic mass is 10.1. The summed E-state index contributed by atoms with van der Waals surface area (Å²) in [6.07, 6.45) is 0. The third-order valence-corrected chi connectivity index (χ3v) is 3.68. The lowest BCUT2D eigenvalue weighted by Gasteiger charge is -2.10. The van der Waals surface area contributed by atoms with Gasteiger partial charge >= 0.3 is 5.69 Å². The van der Waals surface area contributed by atoms with Crippen LogP contribution in [0.2, 0.25) is 0 Å². The number of imidazole rings is 1. The van der Waals surface area contributed by atoms with E-state index < -0.39 is 0 Å². The second kappa shape index (κ2) is 6.49. The molecule has 0 bridgehead atoms. The van der Waals surface area contributed by atoms with Crippen molar-refractivity contribution < 1.29 is 14.3 Å². The fraction of sp³-hybridized carbons (Fsp3) is 0.176. The highest BCUT2D eigenvalue weighted by molar-refractivity contribution is 5.94. The fourth-order valence-electron chi connectivity index (χ4n) is 2.45. The number of amides is 1. The number of H-pyrrole nitrogens is 2. The Balaban J connectivity index is 1.73. The molecule has 1 aromatic heterocycles.